The Morgan fingerprint density at radius 1 is 0.900 bits per heavy atom. The molecule has 0 heterocycles. The van der Waals surface area contributed by atoms with Crippen molar-refractivity contribution < 1.29 is 4.79 Å². The quantitative estimate of drug-likeness (QED) is 0.379. The summed E-state index contributed by atoms with van der Waals surface area (Å²) in [6, 6.07) is 16.8. The maximum absolute atomic E-state index is 11.4. The fraction of sp³-hybridized carbons (Fsp3) is 0.0714. The summed E-state index contributed by atoms with van der Waals surface area (Å²) in [5.41, 5.74) is 7.74. The molecule has 6 heteroatoms. The van der Waals surface area contributed by atoms with Crippen molar-refractivity contribution in [1.29, 1.82) is 0 Å². The summed E-state index contributed by atoms with van der Waals surface area (Å²) in [5.74, 6) is -0.377. The van der Waals surface area contributed by atoms with Crippen molar-refractivity contribution in [2.75, 3.05) is 0 Å². The van der Waals surface area contributed by atoms with E-state index in [0.717, 1.165) is 16.9 Å². The fourth-order valence-electron chi connectivity index (χ4n) is 1.49. The Morgan fingerprint density at radius 3 is 1.90 bits per heavy atom. The summed E-state index contributed by atoms with van der Waals surface area (Å²) in [5, 5.41) is 8.28. The number of benzene rings is 2. The Bertz CT molecular complexity index is 625. The first kappa shape index (κ1) is 15.4. The Balaban J connectivity index is 2.17. The molecule has 4 nitrogen and oxygen atoms in total. The van der Waals surface area contributed by atoms with E-state index >= 15 is 0 Å². The van der Waals surface area contributed by atoms with Crippen LogP contribution >= 0.6 is 45.2 Å². The molecular formula is C14H11I2N3O. The van der Waals surface area contributed by atoms with Crippen LogP contribution in [0.3, 0.4) is 0 Å². The predicted octanol–water partition coefficient (Wildman–Crippen LogP) is 4.61. The lowest BCUT2D eigenvalue weighted by Gasteiger charge is -2.16. The average Bonchev–Trinajstić information content (AvgIpc) is 2.46. The van der Waals surface area contributed by atoms with Gasteiger partial charge in [0.15, 0.2) is 1.43 Å². The van der Waals surface area contributed by atoms with Crippen LogP contribution in [-0.2, 0) is 6.22 Å². The Labute approximate surface area is 144 Å². The van der Waals surface area contributed by atoms with Gasteiger partial charge in [0.25, 0.3) is 0 Å². The van der Waals surface area contributed by atoms with Gasteiger partial charge in [0, 0.05) is 0 Å². The molecule has 0 unspecified atom stereocenters. The molecule has 2 rings (SSSR count). The van der Waals surface area contributed by atoms with Gasteiger partial charge in [-0.05, 0) is 29.8 Å². The van der Waals surface area contributed by atoms with E-state index in [1.807, 2.05) is 99.8 Å². The van der Waals surface area contributed by atoms with Crippen LogP contribution in [0.1, 0.15) is 5.56 Å². The molecule has 0 fully saturated rings. The number of nitrogens with two attached hydrogens (primary N) is 1. The molecule has 0 radical (unpaired) electrons. The third kappa shape index (κ3) is 3.75. The number of azo groups is 1. The zero-order valence-corrected chi connectivity index (χ0v) is 14.6. The van der Waals surface area contributed by atoms with Crippen LogP contribution in [0, 0.1) is 0 Å². The van der Waals surface area contributed by atoms with Crippen molar-refractivity contribution in [1.82, 2.24) is 0 Å². The molecule has 102 valence electrons. The zero-order valence-electron chi connectivity index (χ0n) is 10.3. The number of carbonyl (C=O) groups excluding carboxylic acids is 1. The van der Waals surface area contributed by atoms with E-state index in [4.69, 9.17) is 5.73 Å². The van der Waals surface area contributed by atoms with Crippen molar-refractivity contribution in [3.63, 3.8) is 0 Å². The lowest BCUT2D eigenvalue weighted by Crippen LogP contribution is -2.29. The highest BCUT2D eigenvalue weighted by molar-refractivity contribution is 14.2. The number of alkyl halides is 2. The summed E-state index contributed by atoms with van der Waals surface area (Å²) < 4.78 is -0.745. The standard InChI is InChI=1S/C14H11I2N3O/c15-14(16,13(17)20)10-6-8-12(9-7-10)19-18-11-4-2-1-3-5-11/h1-9H,(H2,17,20). The van der Waals surface area contributed by atoms with Crippen LogP contribution in [0.5, 0.6) is 0 Å². The van der Waals surface area contributed by atoms with Crippen LogP contribution in [-0.4, -0.2) is 5.91 Å². The largest absolute Gasteiger partial charge is 0.368 e. The second-order valence-corrected chi connectivity index (χ2v) is 9.32. The zero-order chi connectivity index (χ0) is 14.6. The Hall–Kier alpha value is -1.03. The van der Waals surface area contributed by atoms with Crippen molar-refractivity contribution in [2.24, 2.45) is 16.0 Å². The average molecular weight is 491 g/mol. The minimum atomic E-state index is -0.745. The van der Waals surface area contributed by atoms with Crippen molar-refractivity contribution in [2.45, 2.75) is 1.43 Å². The molecule has 2 N–H and O–H groups in total. The highest BCUT2D eigenvalue weighted by Crippen LogP contribution is 2.39. The number of halogens is 2. The fourth-order valence-corrected chi connectivity index (χ4v) is 2.21. The number of hydrogen-bond donors (Lipinski definition) is 1. The molecule has 0 spiro atoms. The second kappa shape index (κ2) is 6.61. The Kier molecular flexibility index (Phi) is 5.08. The van der Waals surface area contributed by atoms with Crippen LogP contribution in [0.25, 0.3) is 0 Å². The first-order valence-corrected chi connectivity index (χ1v) is 7.91. The molecule has 0 atom stereocenters. The maximum Gasteiger partial charge on any atom is 0.248 e. The van der Waals surface area contributed by atoms with Gasteiger partial charge in [-0.2, -0.15) is 10.2 Å². The summed E-state index contributed by atoms with van der Waals surface area (Å²) in [4.78, 5) is 11.4. The lowest BCUT2D eigenvalue weighted by atomic mass is 10.1. The van der Waals surface area contributed by atoms with E-state index in [0.29, 0.717) is 0 Å². The number of rotatable bonds is 4. The highest BCUT2D eigenvalue weighted by Gasteiger charge is 2.31. The van der Waals surface area contributed by atoms with Gasteiger partial charge >= 0.3 is 0 Å². The lowest BCUT2D eigenvalue weighted by molar-refractivity contribution is -0.117. The van der Waals surface area contributed by atoms with Crippen molar-refractivity contribution in [3.05, 3.63) is 60.2 Å². The highest BCUT2D eigenvalue weighted by atomic mass is 127. The maximum atomic E-state index is 11.4. The molecule has 0 aliphatic carbocycles. The second-order valence-electron chi connectivity index (χ2n) is 4.02. The van der Waals surface area contributed by atoms with Gasteiger partial charge in [-0.25, -0.2) is 0 Å². The van der Waals surface area contributed by atoms with Crippen LogP contribution in [0.4, 0.5) is 11.4 Å². The van der Waals surface area contributed by atoms with Gasteiger partial charge in [0.1, 0.15) is 0 Å². The van der Waals surface area contributed by atoms with E-state index < -0.39 is 1.43 Å². The third-order valence-corrected chi connectivity index (χ3v) is 4.89. The molecule has 0 aliphatic heterocycles. The first-order valence-electron chi connectivity index (χ1n) is 5.75. The van der Waals surface area contributed by atoms with Gasteiger partial charge < -0.3 is 5.73 Å². The third-order valence-electron chi connectivity index (χ3n) is 2.58. The minimum absolute atomic E-state index is 0.377. The topological polar surface area (TPSA) is 67.8 Å². The summed E-state index contributed by atoms with van der Waals surface area (Å²) in [7, 11) is 0. The van der Waals surface area contributed by atoms with Crippen molar-refractivity contribution >= 4 is 62.5 Å². The smallest absolute Gasteiger partial charge is 0.248 e. The molecule has 0 bridgehead atoms. The molecule has 0 aliphatic rings. The van der Waals surface area contributed by atoms with Crippen molar-refractivity contribution in [3.8, 4) is 0 Å². The molecule has 0 saturated carbocycles. The number of nitrogens with zero attached hydrogens (tertiary/aromatic N) is 2. The van der Waals surface area contributed by atoms with E-state index in [9.17, 15) is 4.79 Å². The van der Waals surface area contributed by atoms with Gasteiger partial charge in [-0.15, -0.1) is 0 Å². The molecule has 0 saturated heterocycles. The predicted molar refractivity (Wildman–Crippen MR) is 96.0 cm³/mol. The van der Waals surface area contributed by atoms with Crippen LogP contribution < -0.4 is 5.73 Å². The SMILES string of the molecule is NC(=O)C(I)(I)c1ccc(N=Nc2ccccc2)cc1. The first-order chi connectivity index (χ1) is 9.50. The van der Waals surface area contributed by atoms with Crippen LogP contribution in [0.15, 0.2) is 64.8 Å². The number of amides is 1. The van der Waals surface area contributed by atoms with Gasteiger partial charge in [-0.3, -0.25) is 4.79 Å². The minimum Gasteiger partial charge on any atom is -0.368 e. The van der Waals surface area contributed by atoms with E-state index in [2.05, 4.69) is 10.2 Å². The molecule has 1 amide bonds. The molecule has 2 aromatic carbocycles. The Morgan fingerprint density at radius 2 is 1.40 bits per heavy atom. The molecule has 0 aromatic heterocycles. The number of primary amides is 1. The van der Waals surface area contributed by atoms with E-state index in [-0.39, 0.29) is 5.91 Å². The normalized spacial score (nSPS) is 11.7. The monoisotopic (exact) mass is 491 g/mol. The number of carbonyl (C=O) groups is 1. The number of hydrogen-bond acceptors (Lipinski definition) is 3. The summed E-state index contributed by atoms with van der Waals surface area (Å²) in [6.45, 7) is 0. The van der Waals surface area contributed by atoms with Gasteiger partial charge in [0.2, 0.25) is 5.91 Å². The van der Waals surface area contributed by atoms with Gasteiger partial charge in [-0.1, -0.05) is 75.5 Å². The summed E-state index contributed by atoms with van der Waals surface area (Å²) >= 11 is 4.06. The molecule has 20 heavy (non-hydrogen) atoms. The van der Waals surface area contributed by atoms with Gasteiger partial charge in [0.05, 0.1) is 11.4 Å². The van der Waals surface area contributed by atoms with E-state index in [1.54, 1.807) is 0 Å². The van der Waals surface area contributed by atoms with Crippen LogP contribution in [0.2, 0.25) is 0 Å². The summed E-state index contributed by atoms with van der Waals surface area (Å²) in [6.07, 6.45) is 0. The molecular weight excluding hydrogens is 480 g/mol. The van der Waals surface area contributed by atoms with E-state index in [1.165, 1.54) is 0 Å². The molecule has 2 aromatic rings.